The van der Waals surface area contributed by atoms with Crippen LogP contribution in [0.2, 0.25) is 0 Å². The number of rotatable bonds is 7. The lowest BCUT2D eigenvalue weighted by Crippen LogP contribution is -2.56. The number of anilines is 1. The lowest BCUT2D eigenvalue weighted by molar-refractivity contribution is -0.133. The fraction of sp³-hybridized carbons (Fsp3) is 0.467. The van der Waals surface area contributed by atoms with Gasteiger partial charge in [0.05, 0.1) is 29.7 Å². The van der Waals surface area contributed by atoms with Gasteiger partial charge in [0, 0.05) is 30.7 Å². The third-order valence-electron chi connectivity index (χ3n) is 8.22. The third kappa shape index (κ3) is 4.91. The van der Waals surface area contributed by atoms with Crippen molar-refractivity contribution >= 4 is 22.5 Å². The van der Waals surface area contributed by atoms with Crippen molar-refractivity contribution in [3.05, 3.63) is 71.4 Å². The zero-order chi connectivity index (χ0) is 26.1. The molecular formula is C30H37N7O. The number of aryl methyl sites for hydroxylation is 2. The van der Waals surface area contributed by atoms with Crippen LogP contribution in [0.4, 0.5) is 5.69 Å². The molecule has 1 aliphatic carbocycles. The summed E-state index contributed by atoms with van der Waals surface area (Å²) in [5.74, 6) is 1.40. The molecule has 4 aromatic rings. The van der Waals surface area contributed by atoms with E-state index in [1.54, 1.807) is 0 Å². The predicted molar refractivity (Wildman–Crippen MR) is 149 cm³/mol. The Morgan fingerprint density at radius 3 is 2.63 bits per heavy atom. The second kappa shape index (κ2) is 10.6. The number of carbonyl (C=O) groups excluding carboxylic acids is 1. The van der Waals surface area contributed by atoms with Crippen molar-refractivity contribution < 1.29 is 4.79 Å². The first-order valence-electron chi connectivity index (χ1n) is 14.1. The normalized spacial score (nSPS) is 18.5. The van der Waals surface area contributed by atoms with Crippen molar-refractivity contribution in [2.45, 2.75) is 70.9 Å². The lowest BCUT2D eigenvalue weighted by atomic mass is 10.0. The Hall–Kier alpha value is -3.68. The molecular weight excluding hydrogens is 474 g/mol. The number of piperazine rings is 1. The topological polar surface area (TPSA) is 82.9 Å². The molecule has 8 nitrogen and oxygen atoms in total. The van der Waals surface area contributed by atoms with Crippen LogP contribution in [0.1, 0.15) is 61.6 Å². The maximum absolute atomic E-state index is 13.4. The van der Waals surface area contributed by atoms with E-state index in [4.69, 9.17) is 5.10 Å². The maximum Gasteiger partial charge on any atom is 0.230 e. The van der Waals surface area contributed by atoms with Gasteiger partial charge in [0.15, 0.2) is 0 Å². The average Bonchev–Trinajstić information content (AvgIpc) is 3.69. The number of nitrogens with zero attached hydrogens (tertiary/aromatic N) is 6. The summed E-state index contributed by atoms with van der Waals surface area (Å²) < 4.78 is 2.31. The van der Waals surface area contributed by atoms with E-state index in [9.17, 15) is 4.79 Å². The second-order valence-electron chi connectivity index (χ2n) is 10.8. The van der Waals surface area contributed by atoms with Gasteiger partial charge in [0.25, 0.3) is 0 Å². The van der Waals surface area contributed by atoms with E-state index in [-0.39, 0.29) is 18.4 Å². The first-order valence-corrected chi connectivity index (χ1v) is 14.1. The molecule has 2 fully saturated rings. The first kappa shape index (κ1) is 24.6. The molecule has 1 atom stereocenters. The van der Waals surface area contributed by atoms with Gasteiger partial charge in [-0.1, -0.05) is 50.1 Å². The number of carbonyl (C=O) groups is 1. The molecule has 0 unspecified atom stereocenters. The molecule has 0 radical (unpaired) electrons. The highest BCUT2D eigenvalue weighted by atomic mass is 16.2. The van der Waals surface area contributed by atoms with Crippen LogP contribution in [0.5, 0.6) is 0 Å². The molecule has 1 aliphatic heterocycles. The molecule has 2 aromatic heterocycles. The van der Waals surface area contributed by atoms with Gasteiger partial charge in [-0.25, -0.2) is 4.98 Å². The standard InChI is InChI=1S/C30H37N7O/c1-3-27-26-14-13-24(18-28(26)37(34-27)23-11-7-8-12-23)35-15-16-36(30(38)19-29-31-21(2)32-33-29)25(20-35)17-22-9-5-4-6-10-22/h4-6,9-10,13-14,18,23,25H,3,7-8,11-12,15-17,19-20H2,1-2H3,(H,31,32,33)/t25-/m0/s1. The minimum atomic E-state index is 0.0734. The predicted octanol–water partition coefficient (Wildman–Crippen LogP) is 4.64. The quantitative estimate of drug-likeness (QED) is 0.391. The number of benzene rings is 2. The van der Waals surface area contributed by atoms with Crippen molar-refractivity contribution in [2.24, 2.45) is 0 Å². The SMILES string of the molecule is CCc1nn(C2CCCC2)c2cc(N3CCN(C(=O)Cc4nc(C)n[nH]4)[C@@H](Cc4ccccc4)C3)ccc12. The van der Waals surface area contributed by atoms with Crippen LogP contribution < -0.4 is 4.90 Å². The van der Waals surface area contributed by atoms with Crippen LogP contribution >= 0.6 is 0 Å². The van der Waals surface area contributed by atoms with E-state index in [0.29, 0.717) is 24.2 Å². The Balaban J connectivity index is 1.28. The van der Waals surface area contributed by atoms with E-state index in [0.717, 1.165) is 25.9 Å². The number of aromatic amines is 1. The van der Waals surface area contributed by atoms with Gasteiger partial charge >= 0.3 is 0 Å². The third-order valence-corrected chi connectivity index (χ3v) is 8.22. The van der Waals surface area contributed by atoms with Crippen molar-refractivity contribution in [1.29, 1.82) is 0 Å². The summed E-state index contributed by atoms with van der Waals surface area (Å²) >= 11 is 0. The molecule has 0 bridgehead atoms. The van der Waals surface area contributed by atoms with Gasteiger partial charge < -0.3 is 9.80 Å². The molecule has 6 rings (SSSR count). The van der Waals surface area contributed by atoms with Gasteiger partial charge in [0.1, 0.15) is 11.6 Å². The number of fused-ring (bicyclic) bond motifs is 1. The largest absolute Gasteiger partial charge is 0.368 e. The number of H-pyrrole nitrogens is 1. The van der Waals surface area contributed by atoms with E-state index >= 15 is 0 Å². The molecule has 1 saturated carbocycles. The molecule has 0 spiro atoms. The van der Waals surface area contributed by atoms with Crippen LogP contribution in [-0.2, 0) is 24.1 Å². The summed E-state index contributed by atoms with van der Waals surface area (Å²) in [7, 11) is 0. The van der Waals surface area contributed by atoms with E-state index in [1.807, 2.05) is 13.0 Å². The summed E-state index contributed by atoms with van der Waals surface area (Å²) in [5, 5.41) is 13.3. The minimum absolute atomic E-state index is 0.0734. The summed E-state index contributed by atoms with van der Waals surface area (Å²) in [4.78, 5) is 22.3. The van der Waals surface area contributed by atoms with Gasteiger partial charge in [-0.3, -0.25) is 14.6 Å². The van der Waals surface area contributed by atoms with Crippen molar-refractivity contribution in [3.63, 3.8) is 0 Å². The average molecular weight is 512 g/mol. The van der Waals surface area contributed by atoms with Gasteiger partial charge in [-0.05, 0) is 56.4 Å². The zero-order valence-corrected chi connectivity index (χ0v) is 22.4. The van der Waals surface area contributed by atoms with Gasteiger partial charge in [0.2, 0.25) is 5.91 Å². The highest BCUT2D eigenvalue weighted by Gasteiger charge is 2.32. The fourth-order valence-electron chi connectivity index (χ4n) is 6.27. The highest BCUT2D eigenvalue weighted by Crippen LogP contribution is 2.35. The Kier molecular flexibility index (Phi) is 6.87. The zero-order valence-electron chi connectivity index (χ0n) is 22.4. The summed E-state index contributed by atoms with van der Waals surface area (Å²) in [5.41, 5.74) is 4.91. The summed E-state index contributed by atoms with van der Waals surface area (Å²) in [6.45, 7) is 6.30. The lowest BCUT2D eigenvalue weighted by Gasteiger charge is -2.42. The van der Waals surface area contributed by atoms with Crippen LogP contribution in [0.3, 0.4) is 0 Å². The highest BCUT2D eigenvalue weighted by molar-refractivity contribution is 5.86. The Morgan fingerprint density at radius 2 is 1.89 bits per heavy atom. The smallest absolute Gasteiger partial charge is 0.230 e. The molecule has 2 aliphatic rings. The number of amides is 1. The van der Waals surface area contributed by atoms with E-state index in [1.165, 1.54) is 53.5 Å². The monoisotopic (exact) mass is 511 g/mol. The van der Waals surface area contributed by atoms with Gasteiger partial charge in [-0.15, -0.1) is 0 Å². The number of aromatic nitrogens is 5. The van der Waals surface area contributed by atoms with Gasteiger partial charge in [-0.2, -0.15) is 10.2 Å². The van der Waals surface area contributed by atoms with Crippen LogP contribution in [0, 0.1) is 6.92 Å². The number of nitrogens with one attached hydrogen (secondary N) is 1. The van der Waals surface area contributed by atoms with Crippen LogP contribution in [-0.4, -0.2) is 61.4 Å². The van der Waals surface area contributed by atoms with Crippen LogP contribution in [0.25, 0.3) is 10.9 Å². The second-order valence-corrected chi connectivity index (χ2v) is 10.8. The molecule has 3 heterocycles. The minimum Gasteiger partial charge on any atom is -0.368 e. The van der Waals surface area contributed by atoms with Crippen molar-refractivity contribution in [3.8, 4) is 0 Å². The van der Waals surface area contributed by atoms with E-state index < -0.39 is 0 Å². The van der Waals surface area contributed by atoms with Crippen molar-refractivity contribution in [1.82, 2.24) is 29.9 Å². The molecule has 2 aromatic carbocycles. The number of hydrogen-bond acceptors (Lipinski definition) is 5. The molecule has 1 amide bonds. The molecule has 1 N–H and O–H groups in total. The molecule has 8 heteroatoms. The van der Waals surface area contributed by atoms with E-state index in [2.05, 4.69) is 79.1 Å². The van der Waals surface area contributed by atoms with Crippen LogP contribution in [0.15, 0.2) is 48.5 Å². The summed E-state index contributed by atoms with van der Waals surface area (Å²) in [6.07, 6.45) is 7.03. The van der Waals surface area contributed by atoms with Crippen molar-refractivity contribution in [2.75, 3.05) is 24.5 Å². The Labute approximate surface area is 224 Å². The summed E-state index contributed by atoms with van der Waals surface area (Å²) in [6, 6.07) is 17.9. The number of hydrogen-bond donors (Lipinski definition) is 1. The first-order chi connectivity index (χ1) is 18.6. The Bertz CT molecular complexity index is 1400. The molecule has 38 heavy (non-hydrogen) atoms. The molecule has 198 valence electrons. The maximum atomic E-state index is 13.4. The Morgan fingerprint density at radius 1 is 1.08 bits per heavy atom. The molecule has 1 saturated heterocycles. The fourth-order valence-corrected chi connectivity index (χ4v) is 6.27.